The first-order chi connectivity index (χ1) is 9.11. The summed E-state index contributed by atoms with van der Waals surface area (Å²) in [5, 5.41) is 3.14. The van der Waals surface area contributed by atoms with E-state index in [0.29, 0.717) is 16.9 Å². The van der Waals surface area contributed by atoms with Crippen molar-refractivity contribution in [3.05, 3.63) is 48.0 Å². The number of hydrogen-bond acceptors (Lipinski definition) is 4. The number of benzene rings is 2. The lowest BCUT2D eigenvalue weighted by atomic mass is 10.1. The Morgan fingerprint density at radius 1 is 1.16 bits per heavy atom. The molecule has 0 saturated carbocycles. The molecular weight excluding hydrogens is 258 g/mol. The van der Waals surface area contributed by atoms with E-state index in [1.54, 1.807) is 30.0 Å². The van der Waals surface area contributed by atoms with Crippen LogP contribution in [0.4, 0.5) is 17.1 Å². The lowest BCUT2D eigenvalue weighted by molar-refractivity contribution is 0.100. The van der Waals surface area contributed by atoms with Gasteiger partial charge in [0.15, 0.2) is 0 Å². The summed E-state index contributed by atoms with van der Waals surface area (Å²) in [5.74, 6) is -0.504. The number of thioether (sulfide) groups is 1. The SMILES string of the molecule is CSc1ccc(Nc2c(N)cccc2C(N)=O)cc1. The topological polar surface area (TPSA) is 81.1 Å². The third-order valence-electron chi connectivity index (χ3n) is 2.72. The monoisotopic (exact) mass is 273 g/mol. The molecule has 0 aliphatic rings. The van der Waals surface area contributed by atoms with Crippen LogP contribution in [0.1, 0.15) is 10.4 Å². The van der Waals surface area contributed by atoms with Crippen molar-refractivity contribution in [1.29, 1.82) is 0 Å². The van der Waals surface area contributed by atoms with Gasteiger partial charge in [-0.2, -0.15) is 0 Å². The van der Waals surface area contributed by atoms with Gasteiger partial charge in [0.1, 0.15) is 0 Å². The van der Waals surface area contributed by atoms with E-state index in [0.717, 1.165) is 5.69 Å². The van der Waals surface area contributed by atoms with Crippen LogP contribution in [0.5, 0.6) is 0 Å². The van der Waals surface area contributed by atoms with Gasteiger partial charge in [0.2, 0.25) is 0 Å². The Labute approximate surface area is 116 Å². The second-order valence-electron chi connectivity index (χ2n) is 3.99. The lowest BCUT2D eigenvalue weighted by Gasteiger charge is -2.13. The minimum atomic E-state index is -0.504. The van der Waals surface area contributed by atoms with Crippen LogP contribution in [0.25, 0.3) is 0 Å². The van der Waals surface area contributed by atoms with Gasteiger partial charge in [0, 0.05) is 10.6 Å². The molecule has 0 aliphatic heterocycles. The maximum atomic E-state index is 11.4. The first-order valence-electron chi connectivity index (χ1n) is 5.71. The number of carbonyl (C=O) groups is 1. The van der Waals surface area contributed by atoms with E-state index in [1.165, 1.54) is 4.90 Å². The Morgan fingerprint density at radius 3 is 2.42 bits per heavy atom. The Kier molecular flexibility index (Phi) is 3.97. The van der Waals surface area contributed by atoms with Crippen LogP contribution >= 0.6 is 11.8 Å². The second-order valence-corrected chi connectivity index (χ2v) is 4.87. The fourth-order valence-electron chi connectivity index (χ4n) is 1.73. The second kappa shape index (κ2) is 5.67. The molecule has 2 rings (SSSR count). The van der Waals surface area contributed by atoms with Crippen LogP contribution in [0, 0.1) is 0 Å². The van der Waals surface area contributed by atoms with Crippen molar-refractivity contribution in [1.82, 2.24) is 0 Å². The summed E-state index contributed by atoms with van der Waals surface area (Å²) in [4.78, 5) is 12.6. The molecular formula is C14H15N3OS. The van der Waals surface area contributed by atoms with Crippen molar-refractivity contribution in [2.24, 2.45) is 5.73 Å². The molecule has 0 spiro atoms. The van der Waals surface area contributed by atoms with Crippen LogP contribution in [0.3, 0.4) is 0 Å². The Bertz CT molecular complexity index is 596. The third-order valence-corrected chi connectivity index (χ3v) is 3.47. The maximum Gasteiger partial charge on any atom is 0.250 e. The number of rotatable bonds is 4. The van der Waals surface area contributed by atoms with E-state index in [-0.39, 0.29) is 0 Å². The van der Waals surface area contributed by atoms with E-state index in [1.807, 2.05) is 30.5 Å². The molecule has 2 aromatic carbocycles. The van der Waals surface area contributed by atoms with Crippen LogP contribution in [-0.2, 0) is 0 Å². The van der Waals surface area contributed by atoms with Crippen molar-refractivity contribution >= 4 is 34.7 Å². The molecule has 0 aliphatic carbocycles. The summed E-state index contributed by atoms with van der Waals surface area (Å²) in [6.45, 7) is 0. The summed E-state index contributed by atoms with van der Waals surface area (Å²) >= 11 is 1.67. The molecule has 98 valence electrons. The van der Waals surface area contributed by atoms with Crippen molar-refractivity contribution in [2.45, 2.75) is 4.90 Å². The summed E-state index contributed by atoms with van der Waals surface area (Å²) in [6, 6.07) is 12.9. The molecule has 0 unspecified atom stereocenters. The zero-order valence-electron chi connectivity index (χ0n) is 10.5. The lowest BCUT2D eigenvalue weighted by Crippen LogP contribution is -2.14. The highest BCUT2D eigenvalue weighted by molar-refractivity contribution is 7.98. The largest absolute Gasteiger partial charge is 0.397 e. The fourth-order valence-corrected chi connectivity index (χ4v) is 2.14. The van der Waals surface area contributed by atoms with Gasteiger partial charge >= 0.3 is 0 Å². The number of carbonyl (C=O) groups excluding carboxylic acids is 1. The standard InChI is InChI=1S/C14H15N3OS/c1-19-10-7-5-9(6-8-10)17-13-11(14(16)18)3-2-4-12(13)15/h2-8,17H,15H2,1H3,(H2,16,18). The normalized spacial score (nSPS) is 10.2. The first kappa shape index (κ1) is 13.3. The van der Waals surface area contributed by atoms with Crippen LogP contribution in [0.2, 0.25) is 0 Å². The number of primary amides is 1. The van der Waals surface area contributed by atoms with Gasteiger partial charge in [-0.25, -0.2) is 0 Å². The molecule has 4 nitrogen and oxygen atoms in total. The van der Waals surface area contributed by atoms with E-state index < -0.39 is 5.91 Å². The number of anilines is 3. The zero-order valence-corrected chi connectivity index (χ0v) is 11.3. The predicted molar refractivity (Wildman–Crippen MR) is 80.9 cm³/mol. The van der Waals surface area contributed by atoms with Gasteiger partial charge in [-0.05, 0) is 42.7 Å². The summed E-state index contributed by atoms with van der Waals surface area (Å²) in [5.41, 5.74) is 13.5. The molecule has 0 radical (unpaired) electrons. The number of para-hydroxylation sites is 1. The van der Waals surface area contributed by atoms with E-state index in [9.17, 15) is 4.79 Å². The molecule has 2 aromatic rings. The quantitative estimate of drug-likeness (QED) is 0.591. The van der Waals surface area contributed by atoms with Gasteiger partial charge in [-0.1, -0.05) is 6.07 Å². The predicted octanol–water partition coefficient (Wildman–Crippen LogP) is 2.83. The third kappa shape index (κ3) is 3.00. The highest BCUT2D eigenvalue weighted by Crippen LogP contribution is 2.28. The average molecular weight is 273 g/mol. The zero-order chi connectivity index (χ0) is 13.8. The number of nitrogens with two attached hydrogens (primary N) is 2. The average Bonchev–Trinajstić information content (AvgIpc) is 2.41. The Hall–Kier alpha value is -2.14. The van der Waals surface area contributed by atoms with Gasteiger partial charge in [0.05, 0.1) is 16.9 Å². The molecule has 5 N–H and O–H groups in total. The first-order valence-corrected chi connectivity index (χ1v) is 6.93. The molecule has 19 heavy (non-hydrogen) atoms. The molecule has 5 heteroatoms. The van der Waals surface area contributed by atoms with Crippen molar-refractivity contribution in [3.63, 3.8) is 0 Å². The highest BCUT2D eigenvalue weighted by atomic mass is 32.2. The number of hydrogen-bond donors (Lipinski definition) is 3. The Balaban J connectivity index is 2.34. The smallest absolute Gasteiger partial charge is 0.250 e. The Morgan fingerprint density at radius 2 is 1.84 bits per heavy atom. The van der Waals surface area contributed by atoms with Crippen LogP contribution in [-0.4, -0.2) is 12.2 Å². The van der Waals surface area contributed by atoms with Gasteiger partial charge in [-0.3, -0.25) is 4.79 Å². The fraction of sp³-hybridized carbons (Fsp3) is 0.0714. The van der Waals surface area contributed by atoms with Crippen LogP contribution in [0.15, 0.2) is 47.4 Å². The van der Waals surface area contributed by atoms with Gasteiger partial charge in [0.25, 0.3) is 5.91 Å². The minimum Gasteiger partial charge on any atom is -0.397 e. The van der Waals surface area contributed by atoms with Crippen molar-refractivity contribution in [3.8, 4) is 0 Å². The van der Waals surface area contributed by atoms with Crippen molar-refractivity contribution in [2.75, 3.05) is 17.3 Å². The molecule has 0 saturated heterocycles. The van der Waals surface area contributed by atoms with Gasteiger partial charge < -0.3 is 16.8 Å². The molecule has 0 bridgehead atoms. The van der Waals surface area contributed by atoms with E-state index in [2.05, 4.69) is 5.32 Å². The maximum absolute atomic E-state index is 11.4. The van der Waals surface area contributed by atoms with E-state index >= 15 is 0 Å². The summed E-state index contributed by atoms with van der Waals surface area (Å²) in [6.07, 6.45) is 2.02. The molecule has 0 fully saturated rings. The van der Waals surface area contributed by atoms with Crippen molar-refractivity contribution < 1.29 is 4.79 Å². The summed E-state index contributed by atoms with van der Waals surface area (Å²) < 4.78 is 0. The molecule has 0 aromatic heterocycles. The van der Waals surface area contributed by atoms with Crippen LogP contribution < -0.4 is 16.8 Å². The molecule has 1 amide bonds. The number of nitrogen functional groups attached to an aromatic ring is 1. The number of nitrogens with one attached hydrogen (secondary N) is 1. The summed E-state index contributed by atoms with van der Waals surface area (Å²) in [7, 11) is 0. The molecule has 0 heterocycles. The van der Waals surface area contributed by atoms with Gasteiger partial charge in [-0.15, -0.1) is 11.8 Å². The minimum absolute atomic E-state index is 0.383. The van der Waals surface area contributed by atoms with E-state index in [4.69, 9.17) is 11.5 Å². The molecule has 0 atom stereocenters. The number of amides is 1. The highest BCUT2D eigenvalue weighted by Gasteiger charge is 2.10.